The molecular formula is C23H43ClN2O. The number of hydrogen-bond acceptors (Lipinski definition) is 1. The SMILES string of the molecule is CCCCCCCC/C=C\CCCCCCCCOCn1cc[n+](C)c1.[Cl-]. The summed E-state index contributed by atoms with van der Waals surface area (Å²) in [5.74, 6) is 0. The summed E-state index contributed by atoms with van der Waals surface area (Å²) in [5.41, 5.74) is 0. The smallest absolute Gasteiger partial charge is 0.245 e. The van der Waals surface area contributed by atoms with Crippen molar-refractivity contribution in [2.45, 2.75) is 104 Å². The van der Waals surface area contributed by atoms with Gasteiger partial charge in [0.25, 0.3) is 0 Å². The van der Waals surface area contributed by atoms with E-state index in [1.54, 1.807) is 0 Å². The Morgan fingerprint density at radius 3 is 1.93 bits per heavy atom. The lowest BCUT2D eigenvalue weighted by molar-refractivity contribution is -0.671. The fraction of sp³-hybridized carbons (Fsp3) is 0.783. The number of imidazole rings is 1. The summed E-state index contributed by atoms with van der Waals surface area (Å²) in [6.45, 7) is 3.83. The number of hydrogen-bond donors (Lipinski definition) is 0. The zero-order chi connectivity index (χ0) is 18.7. The molecule has 1 heterocycles. The molecule has 0 saturated heterocycles. The number of halogens is 1. The van der Waals surface area contributed by atoms with Gasteiger partial charge in [-0.25, -0.2) is 9.13 Å². The van der Waals surface area contributed by atoms with Gasteiger partial charge in [-0.3, -0.25) is 0 Å². The van der Waals surface area contributed by atoms with Crippen molar-refractivity contribution >= 4 is 0 Å². The molecule has 0 aliphatic rings. The third kappa shape index (κ3) is 17.1. The average Bonchev–Trinajstić information content (AvgIpc) is 3.06. The Hall–Kier alpha value is -0.800. The second-order valence-electron chi connectivity index (χ2n) is 7.57. The summed E-state index contributed by atoms with van der Waals surface area (Å²) in [7, 11) is 2.03. The number of ether oxygens (including phenoxy) is 1. The number of allylic oxidation sites excluding steroid dienone is 2. The minimum Gasteiger partial charge on any atom is -1.00 e. The van der Waals surface area contributed by atoms with Crippen LogP contribution in [0.1, 0.15) is 96.8 Å². The average molecular weight is 399 g/mol. The van der Waals surface area contributed by atoms with E-state index in [-0.39, 0.29) is 12.4 Å². The molecule has 0 aromatic carbocycles. The van der Waals surface area contributed by atoms with Crippen LogP contribution in [0.25, 0.3) is 0 Å². The Morgan fingerprint density at radius 1 is 0.815 bits per heavy atom. The molecule has 0 N–H and O–H groups in total. The number of aryl methyl sites for hydroxylation is 1. The fourth-order valence-electron chi connectivity index (χ4n) is 3.20. The molecule has 1 aromatic rings. The molecule has 0 saturated carbocycles. The van der Waals surface area contributed by atoms with Gasteiger partial charge in [0.05, 0.1) is 13.7 Å². The van der Waals surface area contributed by atoms with E-state index in [0.29, 0.717) is 6.73 Å². The van der Waals surface area contributed by atoms with E-state index < -0.39 is 0 Å². The highest BCUT2D eigenvalue weighted by molar-refractivity contribution is 4.81. The van der Waals surface area contributed by atoms with Gasteiger partial charge < -0.3 is 17.1 Å². The predicted octanol–water partition coefficient (Wildman–Crippen LogP) is 3.33. The van der Waals surface area contributed by atoms with Gasteiger partial charge in [0.15, 0.2) is 6.73 Å². The third-order valence-electron chi connectivity index (χ3n) is 4.86. The van der Waals surface area contributed by atoms with Crippen LogP contribution in [0.3, 0.4) is 0 Å². The van der Waals surface area contributed by atoms with Gasteiger partial charge in [-0.15, -0.1) is 0 Å². The number of unbranched alkanes of at least 4 members (excludes halogenated alkanes) is 12. The summed E-state index contributed by atoms with van der Waals surface area (Å²) in [6.07, 6.45) is 29.8. The maximum absolute atomic E-state index is 5.69. The molecule has 0 atom stereocenters. The lowest BCUT2D eigenvalue weighted by Crippen LogP contribution is -3.00. The second-order valence-corrected chi connectivity index (χ2v) is 7.57. The first-order valence-electron chi connectivity index (χ1n) is 11.1. The van der Waals surface area contributed by atoms with Gasteiger partial charge in [-0.1, -0.05) is 76.9 Å². The molecule has 0 bridgehead atoms. The van der Waals surface area contributed by atoms with Crippen LogP contribution in [0.5, 0.6) is 0 Å². The molecule has 0 aliphatic heterocycles. The monoisotopic (exact) mass is 398 g/mol. The molecule has 3 nitrogen and oxygen atoms in total. The number of rotatable bonds is 18. The fourth-order valence-corrected chi connectivity index (χ4v) is 3.20. The van der Waals surface area contributed by atoms with E-state index in [1.807, 2.05) is 30.3 Å². The van der Waals surface area contributed by atoms with Crippen molar-refractivity contribution in [3.8, 4) is 0 Å². The molecule has 1 aromatic heterocycles. The molecule has 0 aliphatic carbocycles. The molecule has 1 rings (SSSR count). The first-order chi connectivity index (χ1) is 12.8. The standard InChI is InChI=1S/C23H43N2O.ClH/c1-3-4-5-6-7-8-9-10-11-12-13-14-15-16-17-18-21-26-23-25-20-19-24(2)22-25;/h10-11,19-20,22H,3-9,12-18,21,23H2,1-2H3;1H/q+1;/p-1/b11-10-;. The quantitative estimate of drug-likeness (QED) is 0.211. The van der Waals surface area contributed by atoms with Gasteiger partial charge in [0.2, 0.25) is 6.33 Å². The predicted molar refractivity (Wildman–Crippen MR) is 111 cm³/mol. The largest absolute Gasteiger partial charge is 1.00 e. The van der Waals surface area contributed by atoms with Crippen LogP contribution >= 0.6 is 0 Å². The highest BCUT2D eigenvalue weighted by atomic mass is 35.5. The molecule has 0 radical (unpaired) electrons. The van der Waals surface area contributed by atoms with E-state index in [9.17, 15) is 0 Å². The Balaban J connectivity index is 0.00000676. The van der Waals surface area contributed by atoms with Crippen molar-refractivity contribution in [3.63, 3.8) is 0 Å². The first-order valence-corrected chi connectivity index (χ1v) is 11.1. The first kappa shape index (κ1) is 26.2. The molecule has 4 heteroatoms. The third-order valence-corrected chi connectivity index (χ3v) is 4.86. The van der Waals surface area contributed by atoms with Crippen LogP contribution in [0.4, 0.5) is 0 Å². The summed E-state index contributed by atoms with van der Waals surface area (Å²) in [4.78, 5) is 0. The number of nitrogens with zero attached hydrogens (tertiary/aromatic N) is 2. The van der Waals surface area contributed by atoms with Crippen LogP contribution in [0, 0.1) is 0 Å². The van der Waals surface area contributed by atoms with Crippen molar-refractivity contribution in [1.82, 2.24) is 4.57 Å². The highest BCUT2D eigenvalue weighted by Crippen LogP contribution is 2.10. The maximum atomic E-state index is 5.69. The minimum atomic E-state index is 0. The summed E-state index contributed by atoms with van der Waals surface area (Å²) < 4.78 is 9.80. The van der Waals surface area contributed by atoms with E-state index in [0.717, 1.165) is 6.61 Å². The molecule has 0 fully saturated rings. The van der Waals surface area contributed by atoms with Crippen LogP contribution in [0.2, 0.25) is 0 Å². The van der Waals surface area contributed by atoms with Gasteiger partial charge in [-0.05, 0) is 32.1 Å². The summed E-state index contributed by atoms with van der Waals surface area (Å²) in [6, 6.07) is 0. The van der Waals surface area contributed by atoms with E-state index in [4.69, 9.17) is 4.74 Å². The lowest BCUT2D eigenvalue weighted by atomic mass is 10.1. The van der Waals surface area contributed by atoms with Crippen LogP contribution in [-0.4, -0.2) is 11.2 Å². The van der Waals surface area contributed by atoms with Crippen LogP contribution in [-0.2, 0) is 18.5 Å². The Labute approximate surface area is 174 Å². The normalized spacial score (nSPS) is 11.2. The summed E-state index contributed by atoms with van der Waals surface area (Å²) in [5, 5.41) is 0. The van der Waals surface area contributed by atoms with Crippen LogP contribution in [0.15, 0.2) is 30.9 Å². The second kappa shape index (κ2) is 19.9. The lowest BCUT2D eigenvalue weighted by Gasteiger charge is -2.02. The molecule has 0 amide bonds. The molecule has 0 unspecified atom stereocenters. The van der Waals surface area contributed by atoms with E-state index in [2.05, 4.69) is 23.6 Å². The maximum Gasteiger partial charge on any atom is 0.245 e. The highest BCUT2D eigenvalue weighted by Gasteiger charge is 1.99. The summed E-state index contributed by atoms with van der Waals surface area (Å²) >= 11 is 0. The van der Waals surface area contributed by atoms with Crippen molar-refractivity contribution in [3.05, 3.63) is 30.9 Å². The topological polar surface area (TPSA) is 18.0 Å². The zero-order valence-electron chi connectivity index (χ0n) is 17.9. The minimum absolute atomic E-state index is 0. The van der Waals surface area contributed by atoms with Crippen molar-refractivity contribution < 1.29 is 21.7 Å². The molecule has 158 valence electrons. The molecule has 0 spiro atoms. The van der Waals surface area contributed by atoms with E-state index in [1.165, 1.54) is 89.9 Å². The van der Waals surface area contributed by atoms with Gasteiger partial charge >= 0.3 is 0 Å². The Kier molecular flexibility index (Phi) is 19.4. The zero-order valence-corrected chi connectivity index (χ0v) is 18.6. The Bertz CT molecular complexity index is 445. The van der Waals surface area contributed by atoms with E-state index >= 15 is 0 Å². The molecular weight excluding hydrogens is 356 g/mol. The number of aromatic nitrogens is 2. The molecule has 27 heavy (non-hydrogen) atoms. The Morgan fingerprint density at radius 2 is 1.37 bits per heavy atom. The van der Waals surface area contributed by atoms with Gasteiger partial charge in [0.1, 0.15) is 12.4 Å². The van der Waals surface area contributed by atoms with Gasteiger partial charge in [-0.2, -0.15) is 0 Å². The van der Waals surface area contributed by atoms with Crippen molar-refractivity contribution in [1.29, 1.82) is 0 Å². The van der Waals surface area contributed by atoms with Crippen molar-refractivity contribution in [2.75, 3.05) is 6.61 Å². The van der Waals surface area contributed by atoms with Crippen LogP contribution < -0.4 is 17.0 Å². The van der Waals surface area contributed by atoms with Gasteiger partial charge in [0, 0.05) is 0 Å². The van der Waals surface area contributed by atoms with Crippen molar-refractivity contribution in [2.24, 2.45) is 7.05 Å².